The monoisotopic (exact) mass is 485 g/mol. The second-order valence-electron chi connectivity index (χ2n) is 9.61. The maximum atomic E-state index is 14.4. The Morgan fingerprint density at radius 2 is 1.64 bits per heavy atom. The van der Waals surface area contributed by atoms with E-state index in [1.807, 2.05) is 19.1 Å². The summed E-state index contributed by atoms with van der Waals surface area (Å²) in [6.45, 7) is 2.02. The lowest BCUT2D eigenvalue weighted by Crippen LogP contribution is -2.53. The topological polar surface area (TPSA) is 98.7 Å². The summed E-state index contributed by atoms with van der Waals surface area (Å²) in [6.07, 6.45) is 1.15. The van der Waals surface area contributed by atoms with E-state index in [-0.39, 0.29) is 11.7 Å². The van der Waals surface area contributed by atoms with Crippen LogP contribution < -0.4 is 15.5 Å². The molecule has 3 aromatic rings. The van der Waals surface area contributed by atoms with Crippen molar-refractivity contribution < 1.29 is 23.9 Å². The zero-order chi connectivity index (χ0) is 25.2. The number of amides is 3. The summed E-state index contributed by atoms with van der Waals surface area (Å²) < 4.78 is 14.4. The zero-order valence-corrected chi connectivity index (χ0v) is 19.5. The molecule has 3 aliphatic rings. The van der Waals surface area contributed by atoms with Gasteiger partial charge in [-0.1, -0.05) is 31.2 Å². The summed E-state index contributed by atoms with van der Waals surface area (Å²) in [5, 5.41) is 15.8. The Balaban J connectivity index is 1.48. The minimum absolute atomic E-state index is 0.112. The van der Waals surface area contributed by atoms with E-state index in [2.05, 4.69) is 10.6 Å². The predicted molar refractivity (Wildman–Crippen MR) is 131 cm³/mol. The van der Waals surface area contributed by atoms with E-state index in [1.165, 1.54) is 23.1 Å². The Hall–Kier alpha value is -4.04. The first kappa shape index (κ1) is 22.4. The number of rotatable bonds is 4. The van der Waals surface area contributed by atoms with Gasteiger partial charge in [-0.15, -0.1) is 0 Å². The number of phenolic OH excluding ortho intramolecular Hbond substituents is 1. The Morgan fingerprint density at radius 1 is 0.944 bits per heavy atom. The van der Waals surface area contributed by atoms with E-state index >= 15 is 0 Å². The molecule has 1 spiro atoms. The van der Waals surface area contributed by atoms with Crippen LogP contribution in [0, 0.1) is 17.7 Å². The largest absolute Gasteiger partial charge is 0.508 e. The third-order valence-corrected chi connectivity index (χ3v) is 7.67. The van der Waals surface area contributed by atoms with Gasteiger partial charge in [-0.2, -0.15) is 0 Å². The molecule has 2 fully saturated rings. The van der Waals surface area contributed by atoms with Crippen LogP contribution in [0.4, 0.5) is 15.8 Å². The van der Waals surface area contributed by atoms with E-state index in [0.717, 1.165) is 17.5 Å². The van der Waals surface area contributed by atoms with Gasteiger partial charge in [0.1, 0.15) is 17.1 Å². The van der Waals surface area contributed by atoms with Crippen molar-refractivity contribution >= 4 is 29.1 Å². The molecule has 0 unspecified atom stereocenters. The second kappa shape index (κ2) is 7.99. The van der Waals surface area contributed by atoms with Crippen molar-refractivity contribution in [2.75, 3.05) is 10.2 Å². The number of phenols is 1. The predicted octanol–water partition coefficient (Wildman–Crippen LogP) is 3.26. The number of fused-ring (bicyclic) bond motifs is 4. The number of nitrogens with one attached hydrogen (secondary N) is 2. The summed E-state index contributed by atoms with van der Waals surface area (Å²) in [5.74, 6) is -3.65. The number of anilines is 2. The lowest BCUT2D eigenvalue weighted by atomic mass is 9.76. The molecule has 7 nitrogen and oxygen atoms in total. The number of halogens is 1. The van der Waals surface area contributed by atoms with Crippen LogP contribution in [0.5, 0.6) is 5.75 Å². The molecule has 3 heterocycles. The van der Waals surface area contributed by atoms with Crippen LogP contribution in [-0.4, -0.2) is 28.9 Å². The molecule has 6 rings (SSSR count). The third kappa shape index (κ3) is 3.10. The lowest BCUT2D eigenvalue weighted by Gasteiger charge is -2.29. The fourth-order valence-electron chi connectivity index (χ4n) is 5.97. The molecule has 0 bridgehead atoms. The maximum Gasteiger partial charge on any atom is 0.250 e. The summed E-state index contributed by atoms with van der Waals surface area (Å²) in [5.41, 5.74) is 1.53. The molecule has 182 valence electrons. The summed E-state index contributed by atoms with van der Waals surface area (Å²) >= 11 is 0. The maximum absolute atomic E-state index is 14.4. The molecule has 0 saturated carbocycles. The van der Waals surface area contributed by atoms with Crippen molar-refractivity contribution in [2.45, 2.75) is 31.3 Å². The SMILES string of the molecule is CCc1ccc(N2C(=O)[C@@H]3[C@H](Cc4ccc(O)cc4)N[C@@]4(C(=O)Nc5ccc(F)cc54)[C@@H]3C2=O)cc1. The summed E-state index contributed by atoms with van der Waals surface area (Å²) in [6, 6.07) is 17.2. The third-order valence-electron chi connectivity index (χ3n) is 7.67. The zero-order valence-electron chi connectivity index (χ0n) is 19.5. The van der Waals surface area contributed by atoms with Gasteiger partial charge < -0.3 is 10.4 Å². The smallest absolute Gasteiger partial charge is 0.250 e. The average Bonchev–Trinajstić information content (AvgIpc) is 3.45. The molecule has 36 heavy (non-hydrogen) atoms. The van der Waals surface area contributed by atoms with Crippen molar-refractivity contribution in [3.63, 3.8) is 0 Å². The number of imide groups is 1. The molecule has 2 saturated heterocycles. The van der Waals surface area contributed by atoms with Gasteiger partial charge in [-0.25, -0.2) is 9.29 Å². The van der Waals surface area contributed by atoms with Crippen LogP contribution in [0.15, 0.2) is 66.7 Å². The fourth-order valence-corrected chi connectivity index (χ4v) is 5.97. The molecular formula is C28H24FN3O4. The highest BCUT2D eigenvalue weighted by molar-refractivity contribution is 6.25. The van der Waals surface area contributed by atoms with Gasteiger partial charge in [-0.3, -0.25) is 19.7 Å². The molecule has 8 heteroatoms. The van der Waals surface area contributed by atoms with E-state index < -0.39 is 41.0 Å². The van der Waals surface area contributed by atoms with Gasteiger partial charge in [0.2, 0.25) is 17.7 Å². The molecule has 0 aromatic heterocycles. The van der Waals surface area contributed by atoms with Crippen molar-refractivity contribution in [1.29, 1.82) is 0 Å². The lowest BCUT2D eigenvalue weighted by molar-refractivity contribution is -0.130. The van der Waals surface area contributed by atoms with Crippen molar-refractivity contribution in [3.05, 3.63) is 89.2 Å². The molecule has 3 aromatic carbocycles. The number of hydrogen-bond acceptors (Lipinski definition) is 5. The molecule has 3 N–H and O–H groups in total. The molecule has 4 atom stereocenters. The van der Waals surface area contributed by atoms with Gasteiger partial charge in [-0.05, 0) is 66.4 Å². The average molecular weight is 486 g/mol. The summed E-state index contributed by atoms with van der Waals surface area (Å²) in [4.78, 5) is 42.5. The Kier molecular flexibility index (Phi) is 4.98. The van der Waals surface area contributed by atoms with Crippen molar-refractivity contribution in [1.82, 2.24) is 5.32 Å². The van der Waals surface area contributed by atoms with Crippen molar-refractivity contribution in [3.8, 4) is 5.75 Å². The number of carbonyl (C=O) groups is 3. The highest BCUT2D eigenvalue weighted by atomic mass is 19.1. The van der Waals surface area contributed by atoms with E-state index in [4.69, 9.17) is 0 Å². The number of aromatic hydroxyl groups is 1. The number of benzene rings is 3. The molecule has 3 aliphatic heterocycles. The Labute approximate surface area is 206 Å². The van der Waals surface area contributed by atoms with Gasteiger partial charge >= 0.3 is 0 Å². The van der Waals surface area contributed by atoms with E-state index in [0.29, 0.717) is 23.4 Å². The minimum Gasteiger partial charge on any atom is -0.508 e. The first-order chi connectivity index (χ1) is 17.3. The quantitative estimate of drug-likeness (QED) is 0.493. The first-order valence-corrected chi connectivity index (χ1v) is 12.0. The number of nitrogens with zero attached hydrogens (tertiary/aromatic N) is 1. The van der Waals surface area contributed by atoms with Crippen LogP contribution in [0.1, 0.15) is 23.6 Å². The van der Waals surface area contributed by atoms with Crippen LogP contribution in [-0.2, 0) is 32.8 Å². The summed E-state index contributed by atoms with van der Waals surface area (Å²) in [7, 11) is 0. The second-order valence-corrected chi connectivity index (χ2v) is 9.61. The van der Waals surface area contributed by atoms with Crippen LogP contribution in [0.2, 0.25) is 0 Å². The van der Waals surface area contributed by atoms with E-state index in [9.17, 15) is 23.9 Å². The molecule has 0 radical (unpaired) electrons. The number of hydrogen-bond donors (Lipinski definition) is 3. The van der Waals surface area contributed by atoms with Crippen LogP contribution >= 0.6 is 0 Å². The van der Waals surface area contributed by atoms with Crippen molar-refractivity contribution in [2.24, 2.45) is 11.8 Å². The highest BCUT2D eigenvalue weighted by Gasteiger charge is 2.70. The minimum atomic E-state index is -1.57. The number of carbonyl (C=O) groups excluding carboxylic acids is 3. The van der Waals surface area contributed by atoms with Gasteiger partial charge in [0, 0.05) is 17.3 Å². The highest BCUT2D eigenvalue weighted by Crippen LogP contribution is 2.54. The Bertz CT molecular complexity index is 1410. The van der Waals surface area contributed by atoms with Gasteiger partial charge in [0.25, 0.3) is 0 Å². The molecule has 0 aliphatic carbocycles. The van der Waals surface area contributed by atoms with E-state index in [1.54, 1.807) is 36.4 Å². The fraction of sp³-hybridized carbons (Fsp3) is 0.250. The molecule has 3 amide bonds. The van der Waals surface area contributed by atoms with Gasteiger partial charge in [0.15, 0.2) is 0 Å². The van der Waals surface area contributed by atoms with Crippen LogP contribution in [0.25, 0.3) is 0 Å². The normalized spacial score (nSPS) is 26.4. The molecular weight excluding hydrogens is 461 g/mol. The van der Waals surface area contributed by atoms with Gasteiger partial charge in [0.05, 0.1) is 17.5 Å². The Morgan fingerprint density at radius 3 is 2.33 bits per heavy atom. The van der Waals surface area contributed by atoms with Crippen LogP contribution in [0.3, 0.4) is 0 Å². The standard InChI is InChI=1S/C28H24FN3O4/c1-2-15-3-8-18(9-4-15)32-25(34)23-22(13-16-5-10-19(33)11-6-16)31-28(24(23)26(32)35)20-14-17(29)7-12-21(20)30-27(28)36/h3-12,14,22-24,31,33H,2,13H2,1H3,(H,30,36)/t22-,23+,24-,28+/m0/s1. The first-order valence-electron chi connectivity index (χ1n) is 12.0. The number of aryl methyl sites for hydroxylation is 1.